The van der Waals surface area contributed by atoms with Crippen molar-refractivity contribution in [2.24, 2.45) is 5.92 Å². The number of nitrogens with one attached hydrogen (secondary N) is 1. The molecule has 1 heterocycles. The number of ether oxygens (including phenoxy) is 1. The smallest absolute Gasteiger partial charge is 0.397 e. The number of nitrogens with zero attached hydrogens (tertiary/aromatic N) is 1. The minimum atomic E-state index is -4.67. The molecule has 0 aromatic heterocycles. The summed E-state index contributed by atoms with van der Waals surface area (Å²) in [6, 6.07) is 20.1. The normalized spacial score (nSPS) is 17.7. The molecule has 0 spiro atoms. The van der Waals surface area contributed by atoms with Crippen molar-refractivity contribution >= 4 is 23.6 Å². The summed E-state index contributed by atoms with van der Waals surface area (Å²) in [7, 11) is 0. The predicted molar refractivity (Wildman–Crippen MR) is 131 cm³/mol. The first-order valence-electron chi connectivity index (χ1n) is 11.6. The van der Waals surface area contributed by atoms with Crippen LogP contribution in [0.1, 0.15) is 18.4 Å². The van der Waals surface area contributed by atoms with Gasteiger partial charge in [-0.05, 0) is 66.4 Å². The fourth-order valence-corrected chi connectivity index (χ4v) is 4.09. The number of rotatable bonds is 7. The van der Waals surface area contributed by atoms with Crippen LogP contribution in [0.3, 0.4) is 0 Å². The van der Waals surface area contributed by atoms with E-state index in [4.69, 9.17) is 4.74 Å². The molecule has 2 atom stereocenters. The second-order valence-corrected chi connectivity index (χ2v) is 8.69. The van der Waals surface area contributed by atoms with E-state index in [1.165, 1.54) is 24.3 Å². The van der Waals surface area contributed by atoms with Crippen molar-refractivity contribution in [1.29, 1.82) is 0 Å². The Balaban J connectivity index is 1.44. The Morgan fingerprint density at radius 3 is 2.19 bits per heavy atom. The summed E-state index contributed by atoms with van der Waals surface area (Å²) < 4.78 is 57.4. The Hall–Kier alpha value is -4.14. The van der Waals surface area contributed by atoms with Gasteiger partial charge < -0.3 is 15.0 Å². The van der Waals surface area contributed by atoms with Gasteiger partial charge in [0.2, 0.25) is 11.8 Å². The van der Waals surface area contributed by atoms with Crippen molar-refractivity contribution in [1.82, 2.24) is 4.90 Å². The van der Waals surface area contributed by atoms with Gasteiger partial charge in [0.05, 0.1) is 0 Å². The summed E-state index contributed by atoms with van der Waals surface area (Å²) in [6.07, 6.45) is -2.45. The van der Waals surface area contributed by atoms with E-state index < -0.39 is 36.3 Å². The largest absolute Gasteiger partial charge is 0.457 e. The van der Waals surface area contributed by atoms with Crippen molar-refractivity contribution in [2.45, 2.75) is 25.1 Å². The van der Waals surface area contributed by atoms with Crippen LogP contribution < -0.4 is 10.1 Å². The van der Waals surface area contributed by atoms with Gasteiger partial charge >= 0.3 is 6.18 Å². The molecular formula is C28H24F4N2O3. The van der Waals surface area contributed by atoms with Crippen molar-refractivity contribution in [3.8, 4) is 11.5 Å². The van der Waals surface area contributed by atoms with Gasteiger partial charge in [0, 0.05) is 12.2 Å². The standard InChI is InChI=1S/C28H24F4N2O3/c29-21-8-12-23(13-9-21)37-24-14-10-22(11-15-24)33-27(36)25-16-20(7-6-19-4-2-1-3-5-19)18-34(25)26(35)17-28(30,31)32/h1-15,20,25H,16-18H2,(H,33,36). The fourth-order valence-electron chi connectivity index (χ4n) is 4.09. The summed E-state index contributed by atoms with van der Waals surface area (Å²) >= 11 is 0. The van der Waals surface area contributed by atoms with Crippen LogP contribution in [-0.4, -0.2) is 35.5 Å². The van der Waals surface area contributed by atoms with E-state index in [-0.39, 0.29) is 18.9 Å². The molecule has 1 saturated heterocycles. The average Bonchev–Trinajstić information content (AvgIpc) is 3.30. The number of benzene rings is 3. The summed E-state index contributed by atoms with van der Waals surface area (Å²) in [6.45, 7) is 0.0147. The molecule has 0 aliphatic carbocycles. The monoisotopic (exact) mass is 512 g/mol. The molecule has 3 aromatic rings. The maximum atomic E-state index is 13.1. The molecule has 0 saturated carbocycles. The molecule has 4 rings (SSSR count). The number of amides is 2. The van der Waals surface area contributed by atoms with Gasteiger partial charge in [-0.25, -0.2) is 4.39 Å². The van der Waals surface area contributed by atoms with Crippen LogP contribution in [0, 0.1) is 11.7 Å². The van der Waals surface area contributed by atoms with Gasteiger partial charge in [-0.2, -0.15) is 13.2 Å². The van der Waals surface area contributed by atoms with Crippen LogP contribution >= 0.6 is 0 Å². The number of alkyl halides is 3. The molecule has 0 bridgehead atoms. The van der Waals surface area contributed by atoms with Crippen LogP contribution in [0.2, 0.25) is 0 Å². The number of hydrogen-bond donors (Lipinski definition) is 1. The molecule has 1 N–H and O–H groups in total. The molecule has 2 unspecified atom stereocenters. The summed E-state index contributed by atoms with van der Waals surface area (Å²) in [5.74, 6) is -1.50. The zero-order chi connectivity index (χ0) is 26.4. The molecule has 37 heavy (non-hydrogen) atoms. The highest BCUT2D eigenvalue weighted by Gasteiger charge is 2.42. The third-order valence-electron chi connectivity index (χ3n) is 5.84. The molecule has 1 fully saturated rings. The Bertz CT molecular complexity index is 1240. The number of anilines is 1. The second kappa shape index (κ2) is 11.3. The number of carbonyl (C=O) groups excluding carboxylic acids is 2. The first-order valence-corrected chi connectivity index (χ1v) is 11.6. The van der Waals surface area contributed by atoms with Crippen LogP contribution in [0.4, 0.5) is 23.2 Å². The highest BCUT2D eigenvalue weighted by Crippen LogP contribution is 2.30. The lowest BCUT2D eigenvalue weighted by molar-refractivity contribution is -0.163. The number of carbonyl (C=O) groups is 2. The summed E-state index contributed by atoms with van der Waals surface area (Å²) in [5.41, 5.74) is 1.30. The molecule has 1 aliphatic rings. The Morgan fingerprint density at radius 2 is 1.57 bits per heavy atom. The van der Waals surface area contributed by atoms with Gasteiger partial charge in [0.25, 0.3) is 0 Å². The quantitative estimate of drug-likeness (QED) is 0.371. The molecule has 0 radical (unpaired) electrons. The predicted octanol–water partition coefficient (Wildman–Crippen LogP) is 6.44. The van der Waals surface area contributed by atoms with Gasteiger partial charge in [-0.15, -0.1) is 0 Å². The van der Waals surface area contributed by atoms with E-state index in [2.05, 4.69) is 5.32 Å². The van der Waals surface area contributed by atoms with E-state index in [1.807, 2.05) is 42.5 Å². The Morgan fingerprint density at radius 1 is 0.946 bits per heavy atom. The van der Waals surface area contributed by atoms with E-state index in [0.29, 0.717) is 17.2 Å². The topological polar surface area (TPSA) is 58.6 Å². The first-order chi connectivity index (χ1) is 17.7. The van der Waals surface area contributed by atoms with Crippen LogP contribution in [-0.2, 0) is 9.59 Å². The molecule has 1 aliphatic heterocycles. The maximum Gasteiger partial charge on any atom is 0.397 e. The molecule has 9 heteroatoms. The van der Waals surface area contributed by atoms with Crippen molar-refractivity contribution in [2.75, 3.05) is 11.9 Å². The lowest BCUT2D eigenvalue weighted by atomic mass is 10.0. The average molecular weight is 513 g/mol. The van der Waals surface area contributed by atoms with E-state index in [1.54, 1.807) is 24.3 Å². The van der Waals surface area contributed by atoms with Crippen molar-refractivity contribution < 1.29 is 31.9 Å². The first kappa shape index (κ1) is 25.9. The van der Waals surface area contributed by atoms with E-state index >= 15 is 0 Å². The van der Waals surface area contributed by atoms with Crippen LogP contribution in [0.5, 0.6) is 11.5 Å². The minimum absolute atomic E-state index is 0.0147. The molecular weight excluding hydrogens is 488 g/mol. The highest BCUT2D eigenvalue weighted by molar-refractivity contribution is 5.97. The minimum Gasteiger partial charge on any atom is -0.457 e. The van der Waals surface area contributed by atoms with Crippen LogP contribution in [0.15, 0.2) is 84.9 Å². The van der Waals surface area contributed by atoms with Crippen molar-refractivity contribution in [3.05, 3.63) is 96.3 Å². The van der Waals surface area contributed by atoms with Crippen molar-refractivity contribution in [3.63, 3.8) is 0 Å². The Kier molecular flexibility index (Phi) is 7.91. The molecule has 5 nitrogen and oxygen atoms in total. The Labute approximate surface area is 211 Å². The molecule has 192 valence electrons. The van der Waals surface area contributed by atoms with E-state index in [0.717, 1.165) is 10.5 Å². The molecule has 3 aromatic carbocycles. The zero-order valence-electron chi connectivity index (χ0n) is 19.6. The third-order valence-corrected chi connectivity index (χ3v) is 5.84. The lowest BCUT2D eigenvalue weighted by Gasteiger charge is -2.24. The van der Waals surface area contributed by atoms with Gasteiger partial charge in [-0.1, -0.05) is 42.5 Å². The van der Waals surface area contributed by atoms with Gasteiger partial charge in [0.15, 0.2) is 0 Å². The SMILES string of the molecule is O=C(Nc1ccc(Oc2ccc(F)cc2)cc1)C1CC(C=Cc2ccccc2)CN1C(=O)CC(F)(F)F. The van der Waals surface area contributed by atoms with Gasteiger partial charge in [-0.3, -0.25) is 9.59 Å². The number of likely N-dealkylation sites (tertiary alicyclic amines) is 1. The summed E-state index contributed by atoms with van der Waals surface area (Å²) in [5, 5.41) is 2.68. The van der Waals surface area contributed by atoms with Crippen LogP contribution in [0.25, 0.3) is 6.08 Å². The summed E-state index contributed by atoms with van der Waals surface area (Å²) in [4.78, 5) is 26.5. The second-order valence-electron chi connectivity index (χ2n) is 8.69. The number of hydrogen-bond acceptors (Lipinski definition) is 3. The molecule has 2 amide bonds. The number of halogens is 4. The third kappa shape index (κ3) is 7.42. The lowest BCUT2D eigenvalue weighted by Crippen LogP contribution is -2.44. The van der Waals surface area contributed by atoms with E-state index in [9.17, 15) is 27.2 Å². The maximum absolute atomic E-state index is 13.1. The highest BCUT2D eigenvalue weighted by atomic mass is 19.4. The van der Waals surface area contributed by atoms with Gasteiger partial charge in [0.1, 0.15) is 29.8 Å². The zero-order valence-corrected chi connectivity index (χ0v) is 19.6. The fraction of sp³-hybridized carbons (Fsp3) is 0.214.